The van der Waals surface area contributed by atoms with Crippen LogP contribution in [0.3, 0.4) is 0 Å². The highest BCUT2D eigenvalue weighted by atomic mass is 19.3. The molecule has 1 rings (SSSR count). The molecule has 0 aliphatic rings. The number of benzene rings is 1. The molecule has 0 atom stereocenters. The third-order valence-corrected chi connectivity index (χ3v) is 2.18. The van der Waals surface area contributed by atoms with E-state index in [-0.39, 0.29) is 5.56 Å². The van der Waals surface area contributed by atoms with Gasteiger partial charge in [-0.25, -0.2) is 13.2 Å². The van der Waals surface area contributed by atoms with Crippen molar-refractivity contribution in [2.75, 3.05) is 0 Å². The van der Waals surface area contributed by atoms with Crippen LogP contribution in [0.4, 0.5) is 13.2 Å². The largest absolute Gasteiger partial charge is 0.294 e. The standard InChI is InChI=1S/C11H11F3O/c1-3-7-4-8(12)5-9(11(13)14)10(7)6(2)15/h4-5,11H,3H2,1-2H3. The number of hydrogen-bond acceptors (Lipinski definition) is 1. The number of aryl methyl sites for hydroxylation is 1. The van der Waals surface area contributed by atoms with Crippen molar-refractivity contribution in [3.8, 4) is 0 Å². The van der Waals surface area contributed by atoms with Crippen molar-refractivity contribution in [3.05, 3.63) is 34.6 Å². The molecule has 0 aromatic heterocycles. The van der Waals surface area contributed by atoms with Gasteiger partial charge in [0, 0.05) is 11.1 Å². The minimum atomic E-state index is -2.83. The van der Waals surface area contributed by atoms with Crippen LogP contribution in [0, 0.1) is 5.82 Å². The van der Waals surface area contributed by atoms with Crippen LogP contribution in [0.2, 0.25) is 0 Å². The Bertz CT molecular complexity index is 386. The van der Waals surface area contributed by atoms with Gasteiger partial charge in [-0.05, 0) is 31.0 Å². The molecule has 1 nitrogen and oxygen atoms in total. The molecule has 1 aromatic rings. The number of alkyl halides is 2. The van der Waals surface area contributed by atoms with Gasteiger partial charge in [0.1, 0.15) is 5.82 Å². The van der Waals surface area contributed by atoms with E-state index < -0.39 is 23.6 Å². The Morgan fingerprint density at radius 2 is 2.00 bits per heavy atom. The first kappa shape index (κ1) is 11.8. The predicted molar refractivity (Wildman–Crippen MR) is 50.7 cm³/mol. The third-order valence-electron chi connectivity index (χ3n) is 2.18. The molecule has 0 saturated carbocycles. The summed E-state index contributed by atoms with van der Waals surface area (Å²) in [7, 11) is 0. The number of ketones is 1. The zero-order chi connectivity index (χ0) is 11.6. The van der Waals surface area contributed by atoms with Gasteiger partial charge in [0.05, 0.1) is 0 Å². The fourth-order valence-corrected chi connectivity index (χ4v) is 1.57. The van der Waals surface area contributed by atoms with E-state index in [0.29, 0.717) is 12.0 Å². The normalized spacial score (nSPS) is 10.8. The van der Waals surface area contributed by atoms with Crippen LogP contribution < -0.4 is 0 Å². The Morgan fingerprint density at radius 1 is 1.40 bits per heavy atom. The molecule has 0 bridgehead atoms. The number of halogens is 3. The first-order chi connectivity index (χ1) is 6.97. The maximum absolute atomic E-state index is 13.0. The Kier molecular flexibility index (Phi) is 3.50. The number of Topliss-reactive ketones (excluding diaryl/α,β-unsaturated/α-hetero) is 1. The van der Waals surface area contributed by atoms with Crippen LogP contribution in [0.15, 0.2) is 12.1 Å². The molecular formula is C11H11F3O. The highest BCUT2D eigenvalue weighted by molar-refractivity contribution is 5.97. The summed E-state index contributed by atoms with van der Waals surface area (Å²) in [5, 5.41) is 0. The summed E-state index contributed by atoms with van der Waals surface area (Å²) in [5.41, 5.74) is -0.231. The van der Waals surface area contributed by atoms with Gasteiger partial charge in [0.25, 0.3) is 6.43 Å². The van der Waals surface area contributed by atoms with Crippen LogP contribution in [-0.2, 0) is 6.42 Å². The summed E-state index contributed by atoms with van der Waals surface area (Å²) in [6, 6.07) is 1.85. The van der Waals surface area contributed by atoms with Gasteiger partial charge in [-0.3, -0.25) is 4.79 Å². The molecule has 0 unspecified atom stereocenters. The van der Waals surface area contributed by atoms with Gasteiger partial charge in [-0.15, -0.1) is 0 Å². The fraction of sp³-hybridized carbons (Fsp3) is 0.364. The lowest BCUT2D eigenvalue weighted by molar-refractivity contribution is 0.0997. The average molecular weight is 216 g/mol. The van der Waals surface area contributed by atoms with E-state index in [2.05, 4.69) is 0 Å². The molecule has 15 heavy (non-hydrogen) atoms. The van der Waals surface area contributed by atoms with Crippen LogP contribution >= 0.6 is 0 Å². The fourth-order valence-electron chi connectivity index (χ4n) is 1.57. The van der Waals surface area contributed by atoms with Crippen molar-refractivity contribution in [1.29, 1.82) is 0 Å². The zero-order valence-electron chi connectivity index (χ0n) is 8.48. The van der Waals surface area contributed by atoms with Crippen LogP contribution in [0.5, 0.6) is 0 Å². The van der Waals surface area contributed by atoms with Crippen molar-refractivity contribution in [3.63, 3.8) is 0 Å². The number of rotatable bonds is 3. The molecule has 0 aliphatic carbocycles. The van der Waals surface area contributed by atoms with E-state index in [1.807, 2.05) is 0 Å². The van der Waals surface area contributed by atoms with Crippen molar-refractivity contribution in [2.45, 2.75) is 26.7 Å². The molecular weight excluding hydrogens is 205 g/mol. The maximum Gasteiger partial charge on any atom is 0.264 e. The molecule has 82 valence electrons. The minimum absolute atomic E-state index is 0.0473. The summed E-state index contributed by atoms with van der Waals surface area (Å²) in [6.45, 7) is 2.90. The number of carbonyl (C=O) groups excluding carboxylic acids is 1. The minimum Gasteiger partial charge on any atom is -0.294 e. The molecule has 0 amide bonds. The highest BCUT2D eigenvalue weighted by Gasteiger charge is 2.20. The Labute approximate surface area is 85.9 Å². The van der Waals surface area contributed by atoms with Gasteiger partial charge in [0.15, 0.2) is 5.78 Å². The van der Waals surface area contributed by atoms with E-state index in [4.69, 9.17) is 0 Å². The number of hydrogen-bond donors (Lipinski definition) is 0. The molecule has 0 fully saturated rings. The van der Waals surface area contributed by atoms with E-state index in [9.17, 15) is 18.0 Å². The predicted octanol–water partition coefficient (Wildman–Crippen LogP) is 3.53. The monoisotopic (exact) mass is 216 g/mol. The second-order valence-electron chi connectivity index (χ2n) is 3.24. The first-order valence-corrected chi connectivity index (χ1v) is 4.58. The van der Waals surface area contributed by atoms with Crippen molar-refractivity contribution in [1.82, 2.24) is 0 Å². The van der Waals surface area contributed by atoms with E-state index in [1.165, 1.54) is 6.92 Å². The summed E-state index contributed by atoms with van der Waals surface area (Å²) in [4.78, 5) is 11.2. The molecule has 0 aliphatic heterocycles. The van der Waals surface area contributed by atoms with Crippen LogP contribution in [0.1, 0.15) is 41.8 Å². The molecule has 1 aromatic carbocycles. The van der Waals surface area contributed by atoms with Crippen LogP contribution in [0.25, 0.3) is 0 Å². The maximum atomic E-state index is 13.0. The quantitative estimate of drug-likeness (QED) is 0.706. The topological polar surface area (TPSA) is 17.1 Å². The number of carbonyl (C=O) groups is 1. The Hall–Kier alpha value is -1.32. The Morgan fingerprint density at radius 3 is 2.40 bits per heavy atom. The van der Waals surface area contributed by atoms with Gasteiger partial charge < -0.3 is 0 Å². The lowest BCUT2D eigenvalue weighted by atomic mass is 9.96. The highest BCUT2D eigenvalue weighted by Crippen LogP contribution is 2.27. The van der Waals surface area contributed by atoms with Crippen LogP contribution in [-0.4, -0.2) is 5.78 Å². The summed E-state index contributed by atoms with van der Waals surface area (Å²) in [5.74, 6) is -1.19. The zero-order valence-corrected chi connectivity index (χ0v) is 8.48. The third kappa shape index (κ3) is 2.37. The molecule has 0 saturated heterocycles. The SMILES string of the molecule is CCc1cc(F)cc(C(F)F)c1C(C)=O. The molecule has 0 radical (unpaired) electrons. The van der Waals surface area contributed by atoms with Crippen molar-refractivity contribution in [2.24, 2.45) is 0 Å². The molecule has 0 heterocycles. The molecule has 4 heteroatoms. The second-order valence-corrected chi connectivity index (χ2v) is 3.24. The van der Waals surface area contributed by atoms with Gasteiger partial charge >= 0.3 is 0 Å². The summed E-state index contributed by atoms with van der Waals surface area (Å²) >= 11 is 0. The lowest BCUT2D eigenvalue weighted by Gasteiger charge is -2.11. The summed E-state index contributed by atoms with van der Waals surface area (Å²) < 4.78 is 38.1. The van der Waals surface area contributed by atoms with E-state index in [1.54, 1.807) is 6.92 Å². The van der Waals surface area contributed by atoms with Gasteiger partial charge in [0.2, 0.25) is 0 Å². The van der Waals surface area contributed by atoms with Crippen molar-refractivity contribution < 1.29 is 18.0 Å². The average Bonchev–Trinajstić information content (AvgIpc) is 2.15. The Balaban J connectivity index is 3.47. The molecule has 0 spiro atoms. The first-order valence-electron chi connectivity index (χ1n) is 4.58. The van der Waals surface area contributed by atoms with E-state index >= 15 is 0 Å². The second kappa shape index (κ2) is 4.47. The van der Waals surface area contributed by atoms with Gasteiger partial charge in [-0.2, -0.15) is 0 Å². The van der Waals surface area contributed by atoms with Crippen molar-refractivity contribution >= 4 is 5.78 Å². The smallest absolute Gasteiger partial charge is 0.264 e. The molecule has 0 N–H and O–H groups in total. The van der Waals surface area contributed by atoms with E-state index in [0.717, 1.165) is 12.1 Å². The van der Waals surface area contributed by atoms with Gasteiger partial charge in [-0.1, -0.05) is 6.92 Å². The lowest BCUT2D eigenvalue weighted by Crippen LogP contribution is -2.06. The summed E-state index contributed by atoms with van der Waals surface area (Å²) in [6.07, 6.45) is -2.48.